The van der Waals surface area contributed by atoms with E-state index in [0.717, 1.165) is 12.8 Å². The van der Waals surface area contributed by atoms with E-state index >= 15 is 0 Å². The van der Waals surface area contributed by atoms with E-state index in [1.165, 1.54) is 0 Å². The highest BCUT2D eigenvalue weighted by Crippen LogP contribution is 2.14. The lowest BCUT2D eigenvalue weighted by atomic mass is 9.91. The number of rotatable bonds is 19. The van der Waals surface area contributed by atoms with Crippen molar-refractivity contribution in [2.24, 2.45) is 5.41 Å². The van der Waals surface area contributed by atoms with E-state index in [9.17, 15) is 14.4 Å². The number of amides is 1. The standard InChI is InChI=1S/C21H39NO7/c1-5-7-18(23)8-6-10-26-12-15-29-17-20(25)22-9-11-27-13-14-28-16-19(24)21(2,3)4/h5-17H2,1-4H3,(H,22,25). The van der Waals surface area contributed by atoms with Gasteiger partial charge in [-0.3, -0.25) is 14.4 Å². The number of carbonyl (C=O) groups excluding carboxylic acids is 3. The zero-order valence-corrected chi connectivity index (χ0v) is 18.6. The molecule has 0 aromatic carbocycles. The lowest BCUT2D eigenvalue weighted by Crippen LogP contribution is -2.31. The molecule has 0 aliphatic heterocycles. The highest BCUT2D eigenvalue weighted by atomic mass is 16.5. The number of hydrogen-bond acceptors (Lipinski definition) is 7. The highest BCUT2D eigenvalue weighted by Gasteiger charge is 2.20. The van der Waals surface area contributed by atoms with E-state index in [0.29, 0.717) is 59.0 Å². The van der Waals surface area contributed by atoms with Gasteiger partial charge < -0.3 is 24.3 Å². The summed E-state index contributed by atoms with van der Waals surface area (Å²) in [5.74, 6) is 0.110. The number of Topliss-reactive ketones (excluding diaryl/α,β-unsaturated/α-hetero) is 2. The summed E-state index contributed by atoms with van der Waals surface area (Å²) in [6.45, 7) is 10.3. The average molecular weight is 418 g/mol. The molecule has 1 amide bonds. The fraction of sp³-hybridized carbons (Fsp3) is 0.857. The summed E-state index contributed by atoms with van der Waals surface area (Å²) in [6, 6.07) is 0. The third-order valence-corrected chi connectivity index (χ3v) is 3.89. The van der Waals surface area contributed by atoms with Crippen LogP contribution in [0.25, 0.3) is 0 Å². The van der Waals surface area contributed by atoms with Gasteiger partial charge in [0.15, 0.2) is 5.78 Å². The lowest BCUT2D eigenvalue weighted by Gasteiger charge is -2.16. The normalized spacial score (nSPS) is 11.4. The van der Waals surface area contributed by atoms with Gasteiger partial charge in [0.05, 0.1) is 33.0 Å². The van der Waals surface area contributed by atoms with E-state index in [-0.39, 0.29) is 30.7 Å². The Morgan fingerprint density at radius 2 is 1.34 bits per heavy atom. The van der Waals surface area contributed by atoms with Crippen LogP contribution in [-0.4, -0.2) is 76.9 Å². The SMILES string of the molecule is CCCC(=O)CCCOCCOCC(=O)NCCOCCOCC(=O)C(C)(C)C. The fourth-order valence-electron chi connectivity index (χ4n) is 2.07. The molecule has 0 saturated carbocycles. The van der Waals surface area contributed by atoms with E-state index in [1.807, 2.05) is 27.7 Å². The molecule has 0 saturated heterocycles. The molecule has 8 heteroatoms. The summed E-state index contributed by atoms with van der Waals surface area (Å²) in [5, 5.41) is 2.69. The molecule has 29 heavy (non-hydrogen) atoms. The Hall–Kier alpha value is -1.35. The predicted octanol–water partition coefficient (Wildman–Crippen LogP) is 1.93. The lowest BCUT2D eigenvalue weighted by molar-refractivity contribution is -0.131. The van der Waals surface area contributed by atoms with Crippen molar-refractivity contribution in [1.29, 1.82) is 0 Å². The van der Waals surface area contributed by atoms with Crippen molar-refractivity contribution in [2.75, 3.05) is 59.4 Å². The van der Waals surface area contributed by atoms with E-state index in [4.69, 9.17) is 18.9 Å². The molecule has 0 bridgehead atoms. The van der Waals surface area contributed by atoms with Gasteiger partial charge in [-0.15, -0.1) is 0 Å². The molecule has 0 fully saturated rings. The minimum absolute atomic E-state index is 0.0314. The molecule has 1 N–H and O–H groups in total. The van der Waals surface area contributed by atoms with Crippen LogP contribution in [-0.2, 0) is 33.3 Å². The van der Waals surface area contributed by atoms with Crippen molar-refractivity contribution in [2.45, 2.75) is 53.4 Å². The van der Waals surface area contributed by atoms with Crippen molar-refractivity contribution >= 4 is 17.5 Å². The summed E-state index contributed by atoms with van der Waals surface area (Å²) in [6.07, 6.45) is 2.79. The molecule has 0 aliphatic rings. The Bertz CT molecular complexity index is 460. The summed E-state index contributed by atoms with van der Waals surface area (Å²) in [5.41, 5.74) is -0.395. The second-order valence-corrected chi connectivity index (χ2v) is 7.75. The van der Waals surface area contributed by atoms with Crippen molar-refractivity contribution in [3.05, 3.63) is 0 Å². The second-order valence-electron chi connectivity index (χ2n) is 7.75. The first-order valence-corrected chi connectivity index (χ1v) is 10.4. The van der Waals surface area contributed by atoms with Gasteiger partial charge in [0.2, 0.25) is 5.91 Å². The second kappa shape index (κ2) is 17.5. The molecule has 0 spiro atoms. The van der Waals surface area contributed by atoms with E-state index < -0.39 is 5.41 Å². The van der Waals surface area contributed by atoms with Gasteiger partial charge in [-0.1, -0.05) is 27.7 Å². The average Bonchev–Trinajstić information content (AvgIpc) is 2.65. The molecule has 0 atom stereocenters. The first kappa shape index (κ1) is 27.6. The van der Waals surface area contributed by atoms with Crippen LogP contribution in [0.2, 0.25) is 0 Å². The largest absolute Gasteiger partial charge is 0.379 e. The Balaban J connectivity index is 3.34. The third-order valence-electron chi connectivity index (χ3n) is 3.89. The predicted molar refractivity (Wildman–Crippen MR) is 110 cm³/mol. The van der Waals surface area contributed by atoms with Crippen molar-refractivity contribution in [1.82, 2.24) is 5.32 Å². The molecule has 0 radical (unpaired) electrons. The number of carbonyl (C=O) groups is 3. The smallest absolute Gasteiger partial charge is 0.246 e. The first-order chi connectivity index (χ1) is 13.8. The van der Waals surface area contributed by atoms with Crippen LogP contribution in [0.5, 0.6) is 0 Å². The summed E-state index contributed by atoms with van der Waals surface area (Å²) in [4.78, 5) is 34.6. The highest BCUT2D eigenvalue weighted by molar-refractivity contribution is 5.84. The maximum atomic E-state index is 11.6. The van der Waals surface area contributed by atoms with Crippen LogP contribution in [0.4, 0.5) is 0 Å². The molecule has 0 rings (SSSR count). The topological polar surface area (TPSA) is 100 Å². The Morgan fingerprint density at radius 1 is 0.759 bits per heavy atom. The van der Waals surface area contributed by atoms with Gasteiger partial charge in [-0.05, 0) is 12.8 Å². The minimum Gasteiger partial charge on any atom is -0.379 e. The van der Waals surface area contributed by atoms with E-state index in [1.54, 1.807) is 0 Å². The zero-order chi connectivity index (χ0) is 22.0. The van der Waals surface area contributed by atoms with Gasteiger partial charge in [-0.2, -0.15) is 0 Å². The van der Waals surface area contributed by atoms with Crippen LogP contribution in [0.1, 0.15) is 53.4 Å². The molecule has 0 aromatic heterocycles. The van der Waals surface area contributed by atoms with Gasteiger partial charge in [0.1, 0.15) is 19.0 Å². The minimum atomic E-state index is -0.395. The Labute approximate surface area is 175 Å². The fourth-order valence-corrected chi connectivity index (χ4v) is 2.07. The quantitative estimate of drug-likeness (QED) is 0.321. The van der Waals surface area contributed by atoms with Crippen molar-refractivity contribution in [3.63, 3.8) is 0 Å². The third kappa shape index (κ3) is 18.4. The van der Waals surface area contributed by atoms with Gasteiger partial charge in [0, 0.05) is 31.4 Å². The number of ketones is 2. The van der Waals surface area contributed by atoms with Crippen LogP contribution >= 0.6 is 0 Å². The molecular weight excluding hydrogens is 378 g/mol. The molecule has 0 aliphatic carbocycles. The Morgan fingerprint density at radius 3 is 1.97 bits per heavy atom. The number of hydrogen-bond donors (Lipinski definition) is 1. The number of nitrogens with one attached hydrogen (secondary N) is 1. The summed E-state index contributed by atoms with van der Waals surface area (Å²) in [7, 11) is 0. The van der Waals surface area contributed by atoms with Crippen molar-refractivity contribution in [3.8, 4) is 0 Å². The molecule has 0 heterocycles. The van der Waals surface area contributed by atoms with Crippen molar-refractivity contribution < 1.29 is 33.3 Å². The molecular formula is C21H39NO7. The van der Waals surface area contributed by atoms with Crippen LogP contribution in [0.15, 0.2) is 0 Å². The van der Waals surface area contributed by atoms with Crippen LogP contribution in [0, 0.1) is 5.41 Å². The first-order valence-electron chi connectivity index (χ1n) is 10.4. The van der Waals surface area contributed by atoms with Gasteiger partial charge in [0.25, 0.3) is 0 Å². The van der Waals surface area contributed by atoms with Crippen LogP contribution in [0.3, 0.4) is 0 Å². The molecule has 8 nitrogen and oxygen atoms in total. The van der Waals surface area contributed by atoms with E-state index in [2.05, 4.69) is 5.32 Å². The zero-order valence-electron chi connectivity index (χ0n) is 18.6. The van der Waals surface area contributed by atoms with Gasteiger partial charge in [-0.25, -0.2) is 0 Å². The number of ether oxygens (including phenoxy) is 4. The van der Waals surface area contributed by atoms with Crippen LogP contribution < -0.4 is 5.32 Å². The maximum absolute atomic E-state index is 11.6. The summed E-state index contributed by atoms with van der Waals surface area (Å²) >= 11 is 0. The maximum Gasteiger partial charge on any atom is 0.246 e. The summed E-state index contributed by atoms with van der Waals surface area (Å²) < 4.78 is 21.2. The molecule has 0 unspecified atom stereocenters. The van der Waals surface area contributed by atoms with Gasteiger partial charge >= 0.3 is 0 Å². The molecule has 0 aromatic rings. The molecule has 170 valence electrons. The Kier molecular flexibility index (Phi) is 16.7. The monoisotopic (exact) mass is 417 g/mol.